The maximum absolute atomic E-state index is 11.1. The number of piperidine rings is 1. The zero-order valence-electron chi connectivity index (χ0n) is 6.74. The van der Waals surface area contributed by atoms with Gasteiger partial charge in [0.1, 0.15) is 5.71 Å². The molecular weight excluding hydrogens is 194 g/mol. The van der Waals surface area contributed by atoms with E-state index < -0.39 is 11.9 Å². The number of urea groups is 1. The van der Waals surface area contributed by atoms with Crippen LogP contribution in [-0.4, -0.2) is 30.7 Å². The molecule has 0 aromatic carbocycles. The molecule has 0 aromatic heterocycles. The molecule has 2 aliphatic heterocycles. The van der Waals surface area contributed by atoms with Gasteiger partial charge in [0.2, 0.25) is 5.92 Å². The second-order valence-corrected chi connectivity index (χ2v) is 2.66. The van der Waals surface area contributed by atoms with E-state index >= 15 is 0 Å². The first-order valence-corrected chi connectivity index (χ1v) is 3.72. The smallest absolute Gasteiger partial charge is 0.342 e. The molecule has 0 atom stereocenters. The maximum atomic E-state index is 11.1. The van der Waals surface area contributed by atoms with Crippen molar-refractivity contribution in [2.75, 3.05) is 13.1 Å². The Morgan fingerprint density at radius 3 is 3.00 bits per heavy atom. The molecule has 2 heterocycles. The number of amides is 3. The summed E-state index contributed by atoms with van der Waals surface area (Å²) in [7, 11) is 0. The quantitative estimate of drug-likeness (QED) is 0.579. The van der Waals surface area contributed by atoms with E-state index in [-0.39, 0.29) is 12.4 Å². The van der Waals surface area contributed by atoms with Gasteiger partial charge in [-0.2, -0.15) is 0 Å². The second-order valence-electron chi connectivity index (χ2n) is 2.66. The second kappa shape index (κ2) is 3.76. The summed E-state index contributed by atoms with van der Waals surface area (Å²) in [6.07, 6.45) is 0.641. The molecule has 6 heteroatoms. The standard InChI is InChI=1S/C7H7N3O2.ClH/c11-6-4-3-8-2-1-5(4)9-7(12)10-6;/h8H,1-3H2;1H. The lowest BCUT2D eigenvalue weighted by atomic mass is 9.95. The van der Waals surface area contributed by atoms with Gasteiger partial charge in [0, 0.05) is 13.0 Å². The molecule has 0 aromatic rings. The van der Waals surface area contributed by atoms with Crippen molar-refractivity contribution < 1.29 is 9.59 Å². The van der Waals surface area contributed by atoms with Crippen LogP contribution in [-0.2, 0) is 4.79 Å². The summed E-state index contributed by atoms with van der Waals surface area (Å²) in [5.41, 5.74) is 0.610. The van der Waals surface area contributed by atoms with Crippen LogP contribution in [0, 0.1) is 5.92 Å². The van der Waals surface area contributed by atoms with E-state index in [0.29, 0.717) is 24.6 Å². The zero-order chi connectivity index (χ0) is 8.55. The number of hydrogen-bond donors (Lipinski definition) is 1. The number of imide groups is 1. The topological polar surface area (TPSA) is 72.6 Å². The summed E-state index contributed by atoms with van der Waals surface area (Å²) in [5, 5.41) is 6.24. The van der Waals surface area contributed by atoms with Crippen LogP contribution in [0.2, 0.25) is 0 Å². The van der Waals surface area contributed by atoms with E-state index in [2.05, 4.69) is 15.6 Å². The van der Waals surface area contributed by atoms with Crippen molar-refractivity contribution in [3.63, 3.8) is 0 Å². The molecule has 0 saturated carbocycles. The minimum Gasteiger partial charge on any atom is -0.365 e. The lowest BCUT2D eigenvalue weighted by Gasteiger charge is -2.22. The van der Waals surface area contributed by atoms with Gasteiger partial charge >= 0.3 is 5.91 Å². The van der Waals surface area contributed by atoms with Gasteiger partial charge < -0.3 is 10.3 Å². The highest BCUT2D eigenvalue weighted by molar-refractivity contribution is 6.35. The van der Waals surface area contributed by atoms with Crippen LogP contribution in [0.25, 0.3) is 5.32 Å². The van der Waals surface area contributed by atoms with Crippen molar-refractivity contribution in [2.24, 2.45) is 4.99 Å². The first-order chi connectivity index (χ1) is 5.77. The van der Waals surface area contributed by atoms with E-state index in [0.717, 1.165) is 6.54 Å². The summed E-state index contributed by atoms with van der Waals surface area (Å²) in [4.78, 5) is 25.5. The van der Waals surface area contributed by atoms with Crippen LogP contribution in [0.3, 0.4) is 0 Å². The monoisotopic (exact) mass is 201 g/mol. The molecule has 5 nitrogen and oxygen atoms in total. The minimum absolute atomic E-state index is 0. The number of nitrogens with zero attached hydrogens (tertiary/aromatic N) is 2. The highest BCUT2D eigenvalue weighted by atomic mass is 35.5. The summed E-state index contributed by atoms with van der Waals surface area (Å²) < 4.78 is 0. The number of carbonyl (C=O) groups is 2. The Hall–Kier alpha value is -1.07. The van der Waals surface area contributed by atoms with Crippen LogP contribution >= 0.6 is 12.4 Å². The molecule has 0 spiro atoms. The number of rotatable bonds is 0. The molecule has 0 radical (unpaired) electrons. The van der Waals surface area contributed by atoms with Crippen molar-refractivity contribution in [1.29, 1.82) is 0 Å². The van der Waals surface area contributed by atoms with Crippen molar-refractivity contribution in [3.05, 3.63) is 11.2 Å². The molecule has 1 saturated heterocycles. The van der Waals surface area contributed by atoms with Gasteiger partial charge in [-0.25, -0.2) is 4.79 Å². The molecule has 13 heavy (non-hydrogen) atoms. The maximum Gasteiger partial charge on any atom is 0.342 e. The predicted octanol–water partition coefficient (Wildman–Crippen LogP) is 0.451. The van der Waals surface area contributed by atoms with Crippen LogP contribution in [0.4, 0.5) is 4.79 Å². The average Bonchev–Trinajstić information content (AvgIpc) is 2.04. The Bertz CT molecular complexity index is 277. The van der Waals surface area contributed by atoms with Crippen molar-refractivity contribution in [1.82, 2.24) is 5.32 Å². The number of hydrogen-bond acceptors (Lipinski definition) is 3. The summed E-state index contributed by atoms with van der Waals surface area (Å²) in [6.45, 7) is 1.25. The molecule has 70 valence electrons. The van der Waals surface area contributed by atoms with E-state index in [9.17, 15) is 9.59 Å². The van der Waals surface area contributed by atoms with Gasteiger partial charge in [-0.05, 0) is 0 Å². The third-order valence-corrected chi connectivity index (χ3v) is 1.87. The van der Waals surface area contributed by atoms with Crippen LogP contribution in [0.5, 0.6) is 0 Å². The SMILES string of the molecule is Cl.O=C1N=C2CCNC[C+]2C(=O)[N-]1. The predicted molar refractivity (Wildman–Crippen MR) is 49.2 cm³/mol. The first-order valence-electron chi connectivity index (χ1n) is 3.72. The van der Waals surface area contributed by atoms with Crippen LogP contribution < -0.4 is 5.32 Å². The number of fused-ring (bicyclic) bond motifs is 1. The van der Waals surface area contributed by atoms with E-state index in [1.54, 1.807) is 0 Å². The molecule has 3 amide bonds. The molecule has 0 bridgehead atoms. The molecule has 2 rings (SSSR count). The van der Waals surface area contributed by atoms with Crippen molar-refractivity contribution >= 4 is 30.1 Å². The average molecular weight is 202 g/mol. The largest absolute Gasteiger partial charge is 0.365 e. The zero-order valence-corrected chi connectivity index (χ0v) is 7.56. The van der Waals surface area contributed by atoms with Crippen LogP contribution in [0.1, 0.15) is 6.42 Å². The summed E-state index contributed by atoms with van der Waals surface area (Å²) >= 11 is 0. The first kappa shape index (κ1) is 10.0. The fraction of sp³-hybridized carbons (Fsp3) is 0.429. The Kier molecular flexibility index (Phi) is 2.90. The number of nitrogens with one attached hydrogen (secondary N) is 1. The van der Waals surface area contributed by atoms with Gasteiger partial charge in [-0.15, -0.1) is 12.4 Å². The number of carbonyl (C=O) groups excluding carboxylic acids is 2. The van der Waals surface area contributed by atoms with Gasteiger partial charge in [0.25, 0.3) is 0 Å². The fourth-order valence-electron chi connectivity index (χ4n) is 1.29. The minimum atomic E-state index is -0.666. The Morgan fingerprint density at radius 2 is 2.23 bits per heavy atom. The van der Waals surface area contributed by atoms with Gasteiger partial charge in [-0.3, -0.25) is 10.1 Å². The molecule has 0 unspecified atom stereocenters. The van der Waals surface area contributed by atoms with Gasteiger partial charge in [0.05, 0.1) is 0 Å². The third kappa shape index (κ3) is 1.81. The van der Waals surface area contributed by atoms with Crippen LogP contribution in [0.15, 0.2) is 4.99 Å². The summed E-state index contributed by atoms with van der Waals surface area (Å²) in [6, 6.07) is -0.666. The van der Waals surface area contributed by atoms with Crippen molar-refractivity contribution in [2.45, 2.75) is 6.42 Å². The van der Waals surface area contributed by atoms with E-state index in [1.807, 2.05) is 0 Å². The number of halogens is 1. The number of aliphatic imine (C=N–C) groups is 1. The Balaban J connectivity index is 0.000000845. The van der Waals surface area contributed by atoms with Gasteiger partial charge in [0.15, 0.2) is 12.6 Å². The lowest BCUT2D eigenvalue weighted by molar-refractivity contribution is -0.113. The highest BCUT2D eigenvalue weighted by Gasteiger charge is 2.37. The third-order valence-electron chi connectivity index (χ3n) is 1.87. The summed E-state index contributed by atoms with van der Waals surface area (Å²) in [5.74, 6) is 0.109. The Morgan fingerprint density at radius 1 is 1.46 bits per heavy atom. The van der Waals surface area contributed by atoms with Crippen molar-refractivity contribution in [3.8, 4) is 0 Å². The highest BCUT2D eigenvalue weighted by Crippen LogP contribution is 2.20. The van der Waals surface area contributed by atoms with E-state index in [4.69, 9.17) is 0 Å². The molecule has 0 aliphatic carbocycles. The fourth-order valence-corrected chi connectivity index (χ4v) is 1.29. The normalized spacial score (nSPS) is 21.2. The molecule has 1 fully saturated rings. The molecular formula is C7H8ClN3O2. The molecule has 1 N–H and O–H groups in total. The lowest BCUT2D eigenvalue weighted by Crippen LogP contribution is -2.42. The van der Waals surface area contributed by atoms with Gasteiger partial charge in [-0.1, -0.05) is 0 Å². The Labute approximate surface area is 81.4 Å². The van der Waals surface area contributed by atoms with E-state index in [1.165, 1.54) is 0 Å². The molecule has 2 aliphatic rings.